The quantitative estimate of drug-likeness (QED) is 0.645. The number of hydrogen-bond donors (Lipinski definition) is 2. The number of aryl methyl sites for hydroxylation is 1. The van der Waals surface area contributed by atoms with E-state index < -0.39 is 15.6 Å². The van der Waals surface area contributed by atoms with Crippen LogP contribution in [0, 0.1) is 18.8 Å². The Bertz CT molecular complexity index is 650. The predicted molar refractivity (Wildman–Crippen MR) is 83.8 cm³/mol. The van der Waals surface area contributed by atoms with Crippen LogP contribution in [0.25, 0.3) is 0 Å². The molecule has 1 aliphatic heterocycles. The molecule has 0 amide bonds. The fourth-order valence-corrected chi connectivity index (χ4v) is 3.14. The molecule has 1 fully saturated rings. The molecule has 0 atom stereocenters. The van der Waals surface area contributed by atoms with Crippen LogP contribution < -0.4 is 4.72 Å². The highest BCUT2D eigenvalue weighted by atomic mass is 32.2. The predicted octanol–water partition coefficient (Wildman–Crippen LogP) is 1.21. The first-order valence-corrected chi connectivity index (χ1v) is 8.76. The molecule has 1 saturated heterocycles. The number of aliphatic hydroxyl groups is 1. The van der Waals surface area contributed by atoms with Gasteiger partial charge in [0.25, 0.3) is 0 Å². The Kier molecular flexibility index (Phi) is 5.59. The Morgan fingerprint density at radius 3 is 2.55 bits per heavy atom. The number of hydrogen-bond acceptors (Lipinski definition) is 4. The van der Waals surface area contributed by atoms with E-state index in [1.807, 2.05) is 6.92 Å². The SMILES string of the molecule is Cc1ccc(S(=O)(=O)NCCC#CC2(O)CCOCC2)cc1. The van der Waals surface area contributed by atoms with Gasteiger partial charge in [-0.15, -0.1) is 0 Å². The zero-order chi connectivity index (χ0) is 16.1. The minimum atomic E-state index is -3.50. The van der Waals surface area contributed by atoms with Gasteiger partial charge in [-0.3, -0.25) is 0 Å². The van der Waals surface area contributed by atoms with Gasteiger partial charge in [0.2, 0.25) is 10.0 Å². The second kappa shape index (κ2) is 7.25. The van der Waals surface area contributed by atoms with Crippen LogP contribution in [0.15, 0.2) is 29.2 Å². The Labute approximate surface area is 131 Å². The van der Waals surface area contributed by atoms with Crippen molar-refractivity contribution in [1.82, 2.24) is 4.72 Å². The monoisotopic (exact) mass is 323 g/mol. The maximum absolute atomic E-state index is 12.0. The summed E-state index contributed by atoms with van der Waals surface area (Å²) in [4.78, 5) is 0.245. The standard InChI is InChI=1S/C16H21NO4S/c1-14-4-6-15(7-5-14)22(19,20)17-11-3-2-8-16(18)9-12-21-13-10-16/h4-7,17-18H,3,9-13H2,1H3. The van der Waals surface area contributed by atoms with E-state index in [4.69, 9.17) is 4.74 Å². The summed E-state index contributed by atoms with van der Waals surface area (Å²) in [7, 11) is -3.50. The summed E-state index contributed by atoms with van der Waals surface area (Å²) in [6, 6.07) is 6.67. The zero-order valence-electron chi connectivity index (χ0n) is 12.6. The smallest absolute Gasteiger partial charge is 0.240 e. The molecule has 0 aliphatic carbocycles. The molecule has 1 aromatic rings. The van der Waals surface area contributed by atoms with Gasteiger partial charge >= 0.3 is 0 Å². The highest BCUT2D eigenvalue weighted by molar-refractivity contribution is 7.89. The van der Waals surface area contributed by atoms with E-state index in [0.717, 1.165) is 5.56 Å². The molecule has 0 aromatic heterocycles. The summed E-state index contributed by atoms with van der Waals surface area (Å²) in [5, 5.41) is 10.1. The van der Waals surface area contributed by atoms with E-state index >= 15 is 0 Å². The van der Waals surface area contributed by atoms with Gasteiger partial charge in [-0.1, -0.05) is 29.5 Å². The van der Waals surface area contributed by atoms with Crippen LogP contribution >= 0.6 is 0 Å². The molecule has 0 radical (unpaired) electrons. The van der Waals surface area contributed by atoms with E-state index in [1.54, 1.807) is 24.3 Å². The minimum Gasteiger partial charge on any atom is -0.381 e. The summed E-state index contributed by atoms with van der Waals surface area (Å²) in [6.45, 7) is 3.13. The van der Waals surface area contributed by atoms with Crippen molar-refractivity contribution in [1.29, 1.82) is 0 Å². The summed E-state index contributed by atoms with van der Waals surface area (Å²) < 4.78 is 31.8. The summed E-state index contributed by atoms with van der Waals surface area (Å²) in [5.41, 5.74) is 0.0168. The maximum Gasteiger partial charge on any atom is 0.240 e. The van der Waals surface area contributed by atoms with Crippen molar-refractivity contribution in [3.63, 3.8) is 0 Å². The van der Waals surface area contributed by atoms with Gasteiger partial charge in [-0.2, -0.15) is 0 Å². The lowest BCUT2D eigenvalue weighted by molar-refractivity contribution is -0.0262. The third-order valence-corrected chi connectivity index (χ3v) is 4.99. The van der Waals surface area contributed by atoms with Crippen molar-refractivity contribution in [2.45, 2.75) is 36.7 Å². The lowest BCUT2D eigenvalue weighted by Crippen LogP contribution is -2.34. The highest BCUT2D eigenvalue weighted by Crippen LogP contribution is 2.19. The molecule has 120 valence electrons. The number of nitrogens with one attached hydrogen (secondary N) is 1. The van der Waals surface area contributed by atoms with E-state index in [2.05, 4.69) is 16.6 Å². The van der Waals surface area contributed by atoms with Crippen LogP contribution in [-0.2, 0) is 14.8 Å². The fourth-order valence-electron chi connectivity index (χ4n) is 2.11. The molecule has 0 saturated carbocycles. The van der Waals surface area contributed by atoms with Gasteiger partial charge in [0.1, 0.15) is 5.60 Å². The number of ether oxygens (including phenoxy) is 1. The Morgan fingerprint density at radius 1 is 1.27 bits per heavy atom. The molecule has 2 N–H and O–H groups in total. The second-order valence-corrected chi connectivity index (χ2v) is 7.17. The Balaban J connectivity index is 1.84. The molecule has 0 spiro atoms. The molecule has 1 aliphatic rings. The summed E-state index contributed by atoms with van der Waals surface area (Å²) in [6.07, 6.45) is 1.35. The molecule has 22 heavy (non-hydrogen) atoms. The van der Waals surface area contributed by atoms with E-state index in [1.165, 1.54) is 0 Å². The van der Waals surface area contributed by atoms with Crippen molar-refractivity contribution in [3.05, 3.63) is 29.8 Å². The molecule has 6 heteroatoms. The van der Waals surface area contributed by atoms with E-state index in [-0.39, 0.29) is 11.4 Å². The molecule has 2 rings (SSSR count). The summed E-state index contributed by atoms with van der Waals surface area (Å²) in [5.74, 6) is 5.67. The topological polar surface area (TPSA) is 75.6 Å². The van der Waals surface area contributed by atoms with Crippen LogP contribution in [0.5, 0.6) is 0 Å². The zero-order valence-corrected chi connectivity index (χ0v) is 13.4. The van der Waals surface area contributed by atoms with Crippen LogP contribution in [-0.4, -0.2) is 38.9 Å². The lowest BCUT2D eigenvalue weighted by Gasteiger charge is -2.26. The molecule has 5 nitrogen and oxygen atoms in total. The number of sulfonamides is 1. The fraction of sp³-hybridized carbons (Fsp3) is 0.500. The average molecular weight is 323 g/mol. The van der Waals surface area contributed by atoms with Gasteiger partial charge in [0, 0.05) is 25.8 Å². The van der Waals surface area contributed by atoms with E-state index in [9.17, 15) is 13.5 Å². The number of benzene rings is 1. The molecular weight excluding hydrogens is 302 g/mol. The van der Waals surface area contributed by atoms with Gasteiger partial charge in [0.05, 0.1) is 18.1 Å². The largest absolute Gasteiger partial charge is 0.381 e. The van der Waals surface area contributed by atoms with Crippen LogP contribution in [0.1, 0.15) is 24.8 Å². The first-order valence-electron chi connectivity index (χ1n) is 7.28. The van der Waals surface area contributed by atoms with Crippen molar-refractivity contribution < 1.29 is 18.3 Å². The highest BCUT2D eigenvalue weighted by Gasteiger charge is 2.27. The molecule has 1 heterocycles. The molecular formula is C16H21NO4S. The van der Waals surface area contributed by atoms with Crippen LogP contribution in [0.2, 0.25) is 0 Å². The van der Waals surface area contributed by atoms with Gasteiger partial charge in [-0.05, 0) is 19.1 Å². The van der Waals surface area contributed by atoms with Gasteiger partial charge in [0.15, 0.2) is 0 Å². The third kappa shape index (κ3) is 4.82. The van der Waals surface area contributed by atoms with Crippen molar-refractivity contribution in [3.8, 4) is 11.8 Å². The first-order chi connectivity index (χ1) is 10.4. The lowest BCUT2D eigenvalue weighted by atomic mass is 9.95. The van der Waals surface area contributed by atoms with Crippen LogP contribution in [0.4, 0.5) is 0 Å². The molecule has 1 aromatic carbocycles. The average Bonchev–Trinajstić information content (AvgIpc) is 2.48. The first kappa shape index (κ1) is 17.0. The maximum atomic E-state index is 12.0. The van der Waals surface area contributed by atoms with Crippen molar-refractivity contribution in [2.75, 3.05) is 19.8 Å². The van der Waals surface area contributed by atoms with Crippen molar-refractivity contribution in [2.24, 2.45) is 0 Å². The molecule has 0 unspecified atom stereocenters. The minimum absolute atomic E-state index is 0.218. The summed E-state index contributed by atoms with van der Waals surface area (Å²) >= 11 is 0. The van der Waals surface area contributed by atoms with Gasteiger partial charge < -0.3 is 9.84 Å². The molecule has 0 bridgehead atoms. The van der Waals surface area contributed by atoms with Crippen LogP contribution in [0.3, 0.4) is 0 Å². The van der Waals surface area contributed by atoms with E-state index in [0.29, 0.717) is 32.5 Å². The van der Waals surface area contributed by atoms with Gasteiger partial charge in [-0.25, -0.2) is 13.1 Å². The third-order valence-electron chi connectivity index (χ3n) is 3.51. The van der Waals surface area contributed by atoms with Crippen molar-refractivity contribution >= 4 is 10.0 Å². The normalized spacial score (nSPS) is 17.5. The Morgan fingerprint density at radius 2 is 1.91 bits per heavy atom. The number of rotatable bonds is 4. The Hall–Kier alpha value is -1.39. The second-order valence-electron chi connectivity index (χ2n) is 5.41.